The number of carbonyl (C=O) groups is 2. The molecule has 0 fully saturated rings. The molecule has 0 radical (unpaired) electrons. The fourth-order valence-corrected chi connectivity index (χ4v) is 3.42. The molecule has 114 valence electrons. The van der Waals surface area contributed by atoms with Gasteiger partial charge >= 0.3 is 5.97 Å². The molecule has 3 aromatic rings. The van der Waals surface area contributed by atoms with E-state index >= 15 is 0 Å². The predicted molar refractivity (Wildman–Crippen MR) is 86.4 cm³/mol. The van der Waals surface area contributed by atoms with E-state index in [4.69, 9.17) is 4.74 Å². The lowest BCUT2D eigenvalue weighted by Crippen LogP contribution is -2.36. The number of aromatic nitrogens is 1. The van der Waals surface area contributed by atoms with E-state index < -0.39 is 11.9 Å². The van der Waals surface area contributed by atoms with Crippen LogP contribution in [-0.2, 0) is 9.59 Å². The van der Waals surface area contributed by atoms with E-state index in [2.05, 4.69) is 4.98 Å². The highest BCUT2D eigenvalue weighted by atomic mass is 16.5. The number of carbonyl (C=O) groups excluding carboxylic acids is 2. The summed E-state index contributed by atoms with van der Waals surface area (Å²) in [5.74, 6) is -1.28. The second-order valence-electron chi connectivity index (χ2n) is 5.81. The molecule has 2 unspecified atom stereocenters. The Kier molecular flexibility index (Phi) is 3.05. The Balaban J connectivity index is 1.99. The number of H-pyrrole nitrogens is 1. The van der Waals surface area contributed by atoms with E-state index in [0.29, 0.717) is 5.75 Å². The predicted octanol–water partition coefficient (Wildman–Crippen LogP) is 3.42. The van der Waals surface area contributed by atoms with Gasteiger partial charge in [0, 0.05) is 28.6 Å². The van der Waals surface area contributed by atoms with Crippen molar-refractivity contribution in [2.75, 3.05) is 0 Å². The average Bonchev–Trinajstić information content (AvgIpc) is 2.97. The number of hydrogen-bond donors (Lipinski definition) is 1. The van der Waals surface area contributed by atoms with Gasteiger partial charge < -0.3 is 9.72 Å². The first-order chi connectivity index (χ1) is 11.2. The number of para-hydroxylation sites is 2. The van der Waals surface area contributed by atoms with Gasteiger partial charge in [-0.25, -0.2) is 0 Å². The molecule has 0 amide bonds. The van der Waals surface area contributed by atoms with Crippen LogP contribution < -0.4 is 4.74 Å². The molecule has 0 spiro atoms. The molecular weight excluding hydrogens is 290 g/mol. The first-order valence-corrected chi connectivity index (χ1v) is 7.54. The first kappa shape index (κ1) is 13.8. The number of hydrogen-bond acceptors (Lipinski definition) is 3. The van der Waals surface area contributed by atoms with Crippen LogP contribution in [-0.4, -0.2) is 16.7 Å². The van der Waals surface area contributed by atoms with Crippen molar-refractivity contribution >= 4 is 22.7 Å². The number of esters is 1. The van der Waals surface area contributed by atoms with Crippen molar-refractivity contribution in [2.24, 2.45) is 5.92 Å². The van der Waals surface area contributed by atoms with Gasteiger partial charge in [-0.1, -0.05) is 36.4 Å². The molecule has 2 atom stereocenters. The average molecular weight is 305 g/mol. The number of Topliss-reactive ketones (excluding diaryl/α,β-unsaturated/α-hetero) is 1. The van der Waals surface area contributed by atoms with Gasteiger partial charge in [-0.2, -0.15) is 0 Å². The maximum atomic E-state index is 12.4. The molecule has 1 N–H and O–H groups in total. The molecule has 2 heterocycles. The summed E-state index contributed by atoms with van der Waals surface area (Å²) in [7, 11) is 0. The molecule has 0 bridgehead atoms. The van der Waals surface area contributed by atoms with Crippen LogP contribution in [0.4, 0.5) is 0 Å². The van der Waals surface area contributed by atoms with Crippen molar-refractivity contribution in [3.05, 3.63) is 65.9 Å². The van der Waals surface area contributed by atoms with Crippen LogP contribution in [0.1, 0.15) is 24.0 Å². The molecular formula is C19H15NO3. The van der Waals surface area contributed by atoms with Crippen molar-refractivity contribution in [3.63, 3.8) is 0 Å². The highest BCUT2D eigenvalue weighted by molar-refractivity contribution is 6.02. The summed E-state index contributed by atoms with van der Waals surface area (Å²) in [5.41, 5.74) is 2.81. The highest BCUT2D eigenvalue weighted by Gasteiger charge is 2.42. The Hall–Kier alpha value is -2.88. The van der Waals surface area contributed by atoms with Crippen LogP contribution >= 0.6 is 0 Å². The highest BCUT2D eigenvalue weighted by Crippen LogP contribution is 2.44. The van der Waals surface area contributed by atoms with Gasteiger partial charge in [0.25, 0.3) is 0 Å². The summed E-state index contributed by atoms with van der Waals surface area (Å²) in [4.78, 5) is 27.8. The van der Waals surface area contributed by atoms with Crippen LogP contribution in [0.15, 0.2) is 54.7 Å². The number of nitrogens with one attached hydrogen (secondary N) is 1. The largest absolute Gasteiger partial charge is 0.426 e. The van der Waals surface area contributed by atoms with Crippen LogP contribution in [0.25, 0.3) is 10.9 Å². The minimum Gasteiger partial charge on any atom is -0.426 e. The lowest BCUT2D eigenvalue weighted by molar-refractivity contribution is -0.145. The first-order valence-electron chi connectivity index (χ1n) is 7.54. The number of aromatic amines is 1. The smallest absolute Gasteiger partial charge is 0.322 e. The number of ketones is 1. The molecule has 0 saturated heterocycles. The van der Waals surface area contributed by atoms with Crippen molar-refractivity contribution in [1.82, 2.24) is 4.98 Å². The minimum atomic E-state index is -0.816. The zero-order chi connectivity index (χ0) is 16.0. The lowest BCUT2D eigenvalue weighted by atomic mass is 9.77. The van der Waals surface area contributed by atoms with Crippen LogP contribution in [0.5, 0.6) is 5.75 Å². The van der Waals surface area contributed by atoms with Crippen LogP contribution in [0.3, 0.4) is 0 Å². The van der Waals surface area contributed by atoms with Gasteiger partial charge in [0.05, 0.1) is 0 Å². The van der Waals surface area contributed by atoms with E-state index in [1.54, 1.807) is 6.07 Å². The van der Waals surface area contributed by atoms with E-state index in [1.165, 1.54) is 6.92 Å². The topological polar surface area (TPSA) is 59.2 Å². The van der Waals surface area contributed by atoms with Crippen LogP contribution in [0.2, 0.25) is 0 Å². The van der Waals surface area contributed by atoms with Crippen molar-refractivity contribution in [3.8, 4) is 5.75 Å². The van der Waals surface area contributed by atoms with Crippen molar-refractivity contribution in [2.45, 2.75) is 12.8 Å². The second-order valence-corrected chi connectivity index (χ2v) is 5.81. The van der Waals surface area contributed by atoms with E-state index in [1.807, 2.05) is 48.7 Å². The minimum absolute atomic E-state index is 0.181. The summed E-state index contributed by atoms with van der Waals surface area (Å²) in [6.07, 6.45) is 1.89. The Morgan fingerprint density at radius 3 is 2.61 bits per heavy atom. The maximum Gasteiger partial charge on any atom is 0.322 e. The molecule has 0 saturated carbocycles. The van der Waals surface area contributed by atoms with Gasteiger partial charge in [0.2, 0.25) is 0 Å². The SMILES string of the molecule is CC(=O)C1C(=O)Oc2ccccc2C1c1c[nH]c2ccccc12. The normalized spacial score (nSPS) is 20.1. The summed E-state index contributed by atoms with van der Waals surface area (Å²) in [5, 5.41) is 1.02. The summed E-state index contributed by atoms with van der Waals surface area (Å²) >= 11 is 0. The van der Waals surface area contributed by atoms with Crippen molar-refractivity contribution < 1.29 is 14.3 Å². The second kappa shape index (κ2) is 5.09. The molecule has 1 aliphatic rings. The third kappa shape index (κ3) is 2.06. The summed E-state index contributed by atoms with van der Waals surface area (Å²) in [6, 6.07) is 15.3. The Labute approximate surface area is 133 Å². The molecule has 1 aliphatic heterocycles. The van der Waals surface area contributed by atoms with Gasteiger partial charge in [0.1, 0.15) is 17.5 Å². The standard InChI is InChI=1S/C19H15NO3/c1-11(21)17-18(13-7-3-5-9-16(13)23-19(17)22)14-10-20-15-8-4-2-6-12(14)15/h2-10,17-18,20H,1H3. The number of ether oxygens (including phenoxy) is 1. The third-order valence-corrected chi connectivity index (χ3v) is 4.45. The van der Waals surface area contributed by atoms with E-state index in [-0.39, 0.29) is 11.7 Å². The maximum absolute atomic E-state index is 12.4. The van der Waals surface area contributed by atoms with Gasteiger partial charge in [0.15, 0.2) is 0 Å². The zero-order valence-electron chi connectivity index (χ0n) is 12.6. The van der Waals surface area contributed by atoms with E-state index in [9.17, 15) is 9.59 Å². The zero-order valence-corrected chi connectivity index (χ0v) is 12.6. The van der Waals surface area contributed by atoms with Gasteiger partial charge in [-0.3, -0.25) is 9.59 Å². The quantitative estimate of drug-likeness (QED) is 0.448. The number of fused-ring (bicyclic) bond motifs is 2. The molecule has 4 rings (SSSR count). The van der Waals surface area contributed by atoms with Crippen LogP contribution in [0, 0.1) is 5.92 Å². The molecule has 4 heteroatoms. The van der Waals surface area contributed by atoms with Gasteiger partial charge in [-0.05, 0) is 24.6 Å². The fourth-order valence-electron chi connectivity index (χ4n) is 3.42. The molecule has 0 aliphatic carbocycles. The molecule has 4 nitrogen and oxygen atoms in total. The van der Waals surface area contributed by atoms with E-state index in [0.717, 1.165) is 22.0 Å². The molecule has 1 aromatic heterocycles. The Morgan fingerprint density at radius 2 is 1.78 bits per heavy atom. The Morgan fingerprint density at radius 1 is 1.04 bits per heavy atom. The lowest BCUT2D eigenvalue weighted by Gasteiger charge is -2.30. The summed E-state index contributed by atoms with van der Waals surface area (Å²) < 4.78 is 5.38. The summed E-state index contributed by atoms with van der Waals surface area (Å²) in [6.45, 7) is 1.45. The third-order valence-electron chi connectivity index (χ3n) is 4.45. The number of benzene rings is 2. The Bertz CT molecular complexity index is 925. The fraction of sp³-hybridized carbons (Fsp3) is 0.158. The molecule has 2 aromatic carbocycles. The van der Waals surface area contributed by atoms with Gasteiger partial charge in [-0.15, -0.1) is 0 Å². The van der Waals surface area contributed by atoms with Crippen molar-refractivity contribution in [1.29, 1.82) is 0 Å². The monoisotopic (exact) mass is 305 g/mol. The molecule has 23 heavy (non-hydrogen) atoms. The number of rotatable bonds is 2.